The Bertz CT molecular complexity index is 1150. The Morgan fingerprint density at radius 3 is 2.03 bits per heavy atom. The molecule has 7 nitrogen and oxygen atoms in total. The number of ether oxygens (including phenoxy) is 1. The third-order valence-corrected chi connectivity index (χ3v) is 4.93. The van der Waals surface area contributed by atoms with Gasteiger partial charge in [0.25, 0.3) is 0 Å². The van der Waals surface area contributed by atoms with Gasteiger partial charge in [-0.1, -0.05) is 13.8 Å². The van der Waals surface area contributed by atoms with E-state index >= 15 is 0 Å². The third kappa shape index (κ3) is 5.12. The maximum Gasteiger partial charge on any atom is 0.338 e. The number of benzene rings is 2. The first-order valence-electron chi connectivity index (χ1n) is 10.1. The molecule has 3 rings (SSSR count). The molecule has 0 fully saturated rings. The number of carbonyl (C=O) groups excluding carboxylic acids is 3. The van der Waals surface area contributed by atoms with Gasteiger partial charge in [0.15, 0.2) is 6.10 Å². The highest BCUT2D eigenvalue weighted by atomic mass is 16.5. The van der Waals surface area contributed by atoms with Crippen LogP contribution in [0.2, 0.25) is 0 Å². The number of nitrogens with one attached hydrogen (secondary N) is 1. The summed E-state index contributed by atoms with van der Waals surface area (Å²) in [4.78, 5) is 45.9. The summed E-state index contributed by atoms with van der Waals surface area (Å²) in [5, 5.41) is 2.77. The molecule has 0 radical (unpaired) electrons. The molecule has 0 aliphatic rings. The first-order chi connectivity index (χ1) is 14.7. The van der Waals surface area contributed by atoms with Crippen molar-refractivity contribution in [3.63, 3.8) is 0 Å². The molecule has 0 aliphatic carbocycles. The van der Waals surface area contributed by atoms with E-state index in [1.165, 1.54) is 6.92 Å². The number of aromatic nitrogens is 2. The zero-order chi connectivity index (χ0) is 22.7. The Labute approximate surface area is 180 Å². The lowest BCUT2D eigenvalue weighted by atomic mass is 10.1. The molecule has 0 unspecified atom stereocenters. The van der Waals surface area contributed by atoms with Crippen LogP contribution in [0.15, 0.2) is 42.5 Å². The van der Waals surface area contributed by atoms with Crippen LogP contribution in [0, 0.1) is 19.8 Å². The molecule has 31 heavy (non-hydrogen) atoms. The average Bonchev–Trinajstić information content (AvgIpc) is 2.74. The van der Waals surface area contributed by atoms with Crippen LogP contribution in [-0.2, 0) is 9.53 Å². The first kappa shape index (κ1) is 22.1. The molecule has 1 N–H and O–H groups in total. The fourth-order valence-electron chi connectivity index (χ4n) is 2.88. The lowest BCUT2D eigenvalue weighted by molar-refractivity contribution is -0.118. The van der Waals surface area contributed by atoms with Gasteiger partial charge in [0.1, 0.15) is 0 Å². The molecule has 0 bridgehead atoms. The Morgan fingerprint density at radius 2 is 1.42 bits per heavy atom. The summed E-state index contributed by atoms with van der Waals surface area (Å²) in [6, 6.07) is 11.4. The van der Waals surface area contributed by atoms with E-state index in [1.807, 2.05) is 13.8 Å². The Morgan fingerprint density at radius 1 is 0.839 bits per heavy atom. The van der Waals surface area contributed by atoms with Crippen molar-refractivity contribution in [3.05, 3.63) is 65.0 Å². The molecule has 0 saturated heterocycles. The quantitative estimate of drug-likeness (QED) is 0.473. The maximum atomic E-state index is 12.7. The van der Waals surface area contributed by atoms with E-state index in [-0.39, 0.29) is 17.6 Å². The second-order valence-corrected chi connectivity index (χ2v) is 7.73. The van der Waals surface area contributed by atoms with Crippen molar-refractivity contribution in [1.82, 2.24) is 9.97 Å². The van der Waals surface area contributed by atoms with E-state index in [2.05, 4.69) is 15.3 Å². The Kier molecular flexibility index (Phi) is 6.44. The summed E-state index contributed by atoms with van der Waals surface area (Å²) >= 11 is 0. The fraction of sp³-hybridized carbons (Fsp3) is 0.292. The number of amides is 1. The standard InChI is InChI=1S/C24H25N3O4/c1-13(2)23(29)27-19-9-6-17(7-10-19)22(28)16(5)31-24(30)18-8-11-20-21(12-18)26-15(4)14(3)25-20/h6-13,16H,1-5H3,(H,27,29)/t16-/m1/s1. The molecule has 7 heteroatoms. The number of Topliss-reactive ketones (excluding diaryl/α,β-unsaturated/α-hetero) is 1. The van der Waals surface area contributed by atoms with Gasteiger partial charge in [-0.25, -0.2) is 14.8 Å². The van der Waals surface area contributed by atoms with E-state index in [1.54, 1.807) is 56.3 Å². The third-order valence-electron chi connectivity index (χ3n) is 4.93. The van der Waals surface area contributed by atoms with Gasteiger partial charge < -0.3 is 10.1 Å². The van der Waals surface area contributed by atoms with E-state index < -0.39 is 12.1 Å². The van der Waals surface area contributed by atoms with Crippen LogP contribution in [-0.4, -0.2) is 33.7 Å². The average molecular weight is 419 g/mol. The molecule has 1 aromatic heterocycles. The number of fused-ring (bicyclic) bond motifs is 1. The number of hydrogen-bond donors (Lipinski definition) is 1. The lowest BCUT2D eigenvalue weighted by Gasteiger charge is -2.13. The molecular formula is C24H25N3O4. The van der Waals surface area contributed by atoms with Gasteiger partial charge in [-0.05, 0) is 63.2 Å². The number of carbonyl (C=O) groups is 3. The topological polar surface area (TPSA) is 98.2 Å². The molecular weight excluding hydrogens is 394 g/mol. The first-order valence-corrected chi connectivity index (χ1v) is 10.1. The zero-order valence-electron chi connectivity index (χ0n) is 18.2. The minimum absolute atomic E-state index is 0.105. The van der Waals surface area contributed by atoms with Gasteiger partial charge in [0.05, 0.1) is 28.0 Å². The number of hydrogen-bond acceptors (Lipinski definition) is 6. The predicted molar refractivity (Wildman–Crippen MR) is 118 cm³/mol. The Hall–Kier alpha value is -3.61. The lowest BCUT2D eigenvalue weighted by Crippen LogP contribution is -2.24. The normalized spacial score (nSPS) is 11.9. The number of ketones is 1. The summed E-state index contributed by atoms with van der Waals surface area (Å²) in [6.45, 7) is 8.86. The molecule has 0 spiro atoms. The summed E-state index contributed by atoms with van der Waals surface area (Å²) in [5.74, 6) is -1.19. The minimum atomic E-state index is -0.967. The zero-order valence-corrected chi connectivity index (χ0v) is 18.2. The molecule has 1 amide bonds. The molecule has 0 saturated carbocycles. The predicted octanol–water partition coefficient (Wildman–Crippen LogP) is 4.27. The SMILES string of the molecule is Cc1nc2ccc(C(=O)O[C@H](C)C(=O)c3ccc(NC(=O)C(C)C)cc3)cc2nc1C. The van der Waals surface area contributed by atoms with Gasteiger partial charge in [0.2, 0.25) is 11.7 Å². The van der Waals surface area contributed by atoms with Gasteiger partial charge >= 0.3 is 5.97 Å². The maximum absolute atomic E-state index is 12.7. The van der Waals surface area contributed by atoms with E-state index in [9.17, 15) is 14.4 Å². The van der Waals surface area contributed by atoms with Crippen molar-refractivity contribution in [2.75, 3.05) is 5.32 Å². The summed E-state index contributed by atoms with van der Waals surface area (Å²) in [7, 11) is 0. The minimum Gasteiger partial charge on any atom is -0.451 e. The number of anilines is 1. The smallest absolute Gasteiger partial charge is 0.338 e. The number of rotatable bonds is 6. The molecule has 160 valence electrons. The second-order valence-electron chi connectivity index (χ2n) is 7.73. The monoisotopic (exact) mass is 419 g/mol. The van der Waals surface area contributed by atoms with E-state index in [0.29, 0.717) is 27.8 Å². The highest BCUT2D eigenvalue weighted by Gasteiger charge is 2.21. The fourth-order valence-corrected chi connectivity index (χ4v) is 2.88. The van der Waals surface area contributed by atoms with Crippen molar-refractivity contribution < 1.29 is 19.1 Å². The van der Waals surface area contributed by atoms with E-state index in [0.717, 1.165) is 11.4 Å². The van der Waals surface area contributed by atoms with Crippen molar-refractivity contribution in [2.45, 2.75) is 40.7 Å². The van der Waals surface area contributed by atoms with Gasteiger partial charge in [-0.2, -0.15) is 0 Å². The highest BCUT2D eigenvalue weighted by molar-refractivity contribution is 6.02. The van der Waals surface area contributed by atoms with Crippen LogP contribution < -0.4 is 5.32 Å². The molecule has 1 atom stereocenters. The van der Waals surface area contributed by atoms with Gasteiger partial charge in [-0.15, -0.1) is 0 Å². The second kappa shape index (κ2) is 9.04. The summed E-state index contributed by atoms with van der Waals surface area (Å²) < 4.78 is 5.38. The molecule has 3 aromatic rings. The Balaban J connectivity index is 1.69. The molecule has 2 aromatic carbocycles. The number of aryl methyl sites for hydroxylation is 2. The van der Waals surface area contributed by atoms with Crippen LogP contribution in [0.4, 0.5) is 5.69 Å². The molecule has 1 heterocycles. The van der Waals surface area contributed by atoms with Crippen LogP contribution in [0.3, 0.4) is 0 Å². The van der Waals surface area contributed by atoms with Crippen LogP contribution in [0.1, 0.15) is 52.9 Å². The van der Waals surface area contributed by atoms with Gasteiger partial charge in [-0.3, -0.25) is 9.59 Å². The highest BCUT2D eigenvalue weighted by Crippen LogP contribution is 2.17. The van der Waals surface area contributed by atoms with Crippen LogP contribution in [0.25, 0.3) is 11.0 Å². The van der Waals surface area contributed by atoms with Crippen molar-refractivity contribution in [3.8, 4) is 0 Å². The summed E-state index contributed by atoms with van der Waals surface area (Å²) in [6.07, 6.45) is -0.967. The summed E-state index contributed by atoms with van der Waals surface area (Å²) in [5.41, 5.74) is 4.19. The number of nitrogens with zero attached hydrogens (tertiary/aromatic N) is 2. The van der Waals surface area contributed by atoms with Crippen molar-refractivity contribution in [1.29, 1.82) is 0 Å². The van der Waals surface area contributed by atoms with E-state index in [4.69, 9.17) is 4.74 Å². The van der Waals surface area contributed by atoms with Crippen LogP contribution in [0.5, 0.6) is 0 Å². The molecule has 0 aliphatic heterocycles. The van der Waals surface area contributed by atoms with Crippen molar-refractivity contribution >= 4 is 34.4 Å². The number of esters is 1. The van der Waals surface area contributed by atoms with Gasteiger partial charge in [0, 0.05) is 17.2 Å². The van der Waals surface area contributed by atoms with Crippen LogP contribution >= 0.6 is 0 Å². The largest absolute Gasteiger partial charge is 0.451 e. The van der Waals surface area contributed by atoms with Crippen molar-refractivity contribution in [2.24, 2.45) is 5.92 Å².